The number of amides is 1. The molecule has 6 rings (SSSR count). The number of carbonyl (C=O) groups is 1. The van der Waals surface area contributed by atoms with Crippen LogP contribution in [0.5, 0.6) is 11.5 Å². The molecule has 0 spiro atoms. The predicted octanol–water partition coefficient (Wildman–Crippen LogP) is 7.42. The number of hydrogen-bond donors (Lipinski definition) is 1. The lowest BCUT2D eigenvalue weighted by molar-refractivity contribution is 0.0989. The molecular weight excluding hydrogens is 465 g/mol. The number of fused-ring (bicyclic) bond motifs is 2. The molecule has 2 heterocycles. The molecule has 1 amide bonds. The van der Waals surface area contributed by atoms with Crippen molar-refractivity contribution in [1.29, 1.82) is 0 Å². The van der Waals surface area contributed by atoms with Crippen LogP contribution in [0.15, 0.2) is 97.1 Å². The van der Waals surface area contributed by atoms with Crippen molar-refractivity contribution < 1.29 is 13.9 Å². The molecular formula is C31H24FN3O2. The van der Waals surface area contributed by atoms with Crippen molar-refractivity contribution in [3.63, 3.8) is 0 Å². The summed E-state index contributed by atoms with van der Waals surface area (Å²) in [6.45, 7) is 2.48. The first-order chi connectivity index (χ1) is 18.0. The Bertz CT molecular complexity index is 1640. The van der Waals surface area contributed by atoms with Gasteiger partial charge in [-0.25, -0.2) is 4.39 Å². The molecule has 0 saturated heterocycles. The number of benzene rings is 4. The molecule has 1 aliphatic heterocycles. The maximum Gasteiger partial charge on any atom is 0.258 e. The fourth-order valence-electron chi connectivity index (χ4n) is 4.80. The molecule has 0 fully saturated rings. The van der Waals surface area contributed by atoms with Crippen LogP contribution in [0.25, 0.3) is 10.9 Å². The summed E-state index contributed by atoms with van der Waals surface area (Å²) in [5, 5.41) is 4.04. The molecule has 4 aromatic carbocycles. The molecule has 0 unspecified atom stereocenters. The van der Waals surface area contributed by atoms with E-state index in [0.717, 1.165) is 46.2 Å². The topological polar surface area (TPSA) is 54.5 Å². The minimum Gasteiger partial charge on any atom is -0.457 e. The molecule has 37 heavy (non-hydrogen) atoms. The van der Waals surface area contributed by atoms with E-state index in [2.05, 4.69) is 10.3 Å². The Labute approximate surface area is 214 Å². The first kappa shape index (κ1) is 22.7. The van der Waals surface area contributed by atoms with Gasteiger partial charge in [-0.3, -0.25) is 9.78 Å². The van der Waals surface area contributed by atoms with Crippen LogP contribution in [-0.4, -0.2) is 17.4 Å². The average Bonchev–Trinajstić information content (AvgIpc) is 3.35. The first-order valence-corrected chi connectivity index (χ1v) is 12.2. The number of halogens is 1. The number of carbonyl (C=O) groups excluding carboxylic acids is 1. The third-order valence-electron chi connectivity index (χ3n) is 6.49. The highest BCUT2D eigenvalue weighted by Crippen LogP contribution is 2.38. The maximum atomic E-state index is 14.0. The zero-order valence-corrected chi connectivity index (χ0v) is 20.2. The Morgan fingerprint density at radius 3 is 2.65 bits per heavy atom. The Balaban J connectivity index is 1.28. The number of rotatable bonds is 5. The SMILES string of the molecule is Cc1cc(Nc2cccc(C(=O)N3CCc4c(Oc5ccccc5)cccc43)c2)c2cc(F)ccc2n1. The van der Waals surface area contributed by atoms with Crippen LogP contribution < -0.4 is 15.0 Å². The number of aryl methyl sites for hydroxylation is 1. The number of aromatic nitrogens is 1. The standard InChI is InChI=1S/C31H24FN3O2/c1-20-17-28(26-19-22(32)13-14-27(26)33-20)34-23-8-5-7-21(18-23)31(36)35-16-15-25-29(35)11-6-12-30(25)37-24-9-3-2-4-10-24/h2-14,17-19H,15-16H2,1H3,(H,33,34). The summed E-state index contributed by atoms with van der Waals surface area (Å²) in [5.41, 5.74) is 5.45. The van der Waals surface area contributed by atoms with Gasteiger partial charge >= 0.3 is 0 Å². The van der Waals surface area contributed by atoms with Crippen LogP contribution in [0, 0.1) is 12.7 Å². The van der Waals surface area contributed by atoms with Crippen molar-refractivity contribution in [2.45, 2.75) is 13.3 Å². The van der Waals surface area contributed by atoms with Gasteiger partial charge in [0.05, 0.1) is 11.2 Å². The molecule has 5 nitrogen and oxygen atoms in total. The maximum absolute atomic E-state index is 14.0. The fourth-order valence-corrected chi connectivity index (χ4v) is 4.80. The number of para-hydroxylation sites is 1. The van der Waals surface area contributed by atoms with Crippen LogP contribution in [0.3, 0.4) is 0 Å². The van der Waals surface area contributed by atoms with Gasteiger partial charge in [-0.2, -0.15) is 0 Å². The molecule has 1 N–H and O–H groups in total. The molecule has 0 atom stereocenters. The highest BCUT2D eigenvalue weighted by atomic mass is 19.1. The minimum atomic E-state index is -0.326. The molecule has 0 bridgehead atoms. The Kier molecular flexibility index (Phi) is 5.77. The molecule has 1 aromatic heterocycles. The van der Waals surface area contributed by atoms with E-state index in [0.29, 0.717) is 23.0 Å². The van der Waals surface area contributed by atoms with Gasteiger partial charge in [0.2, 0.25) is 0 Å². The van der Waals surface area contributed by atoms with E-state index in [4.69, 9.17) is 4.74 Å². The Morgan fingerprint density at radius 2 is 1.78 bits per heavy atom. The van der Waals surface area contributed by atoms with Gasteiger partial charge in [-0.15, -0.1) is 0 Å². The van der Waals surface area contributed by atoms with Crippen LogP contribution in [-0.2, 0) is 6.42 Å². The zero-order chi connectivity index (χ0) is 25.4. The van der Waals surface area contributed by atoms with Gasteiger partial charge in [0.15, 0.2) is 0 Å². The number of pyridine rings is 1. The molecule has 5 aromatic rings. The van der Waals surface area contributed by atoms with Crippen LogP contribution in [0.2, 0.25) is 0 Å². The van der Waals surface area contributed by atoms with E-state index in [1.165, 1.54) is 12.1 Å². The predicted molar refractivity (Wildman–Crippen MR) is 145 cm³/mol. The van der Waals surface area contributed by atoms with Gasteiger partial charge in [-0.1, -0.05) is 30.3 Å². The zero-order valence-electron chi connectivity index (χ0n) is 20.2. The normalized spacial score (nSPS) is 12.4. The molecule has 1 aliphatic rings. The number of anilines is 3. The molecule has 0 radical (unpaired) electrons. The Morgan fingerprint density at radius 1 is 0.946 bits per heavy atom. The smallest absolute Gasteiger partial charge is 0.258 e. The van der Waals surface area contributed by atoms with Crippen LogP contribution in [0.1, 0.15) is 21.6 Å². The van der Waals surface area contributed by atoms with E-state index in [1.54, 1.807) is 11.0 Å². The monoisotopic (exact) mass is 489 g/mol. The second kappa shape index (κ2) is 9.39. The fraction of sp³-hybridized carbons (Fsp3) is 0.0968. The minimum absolute atomic E-state index is 0.0823. The van der Waals surface area contributed by atoms with Crippen molar-refractivity contribution in [1.82, 2.24) is 4.98 Å². The second-order valence-electron chi connectivity index (χ2n) is 9.05. The van der Waals surface area contributed by atoms with E-state index < -0.39 is 0 Å². The molecule has 0 saturated carbocycles. The van der Waals surface area contributed by atoms with E-state index in [9.17, 15) is 9.18 Å². The van der Waals surface area contributed by atoms with Crippen molar-refractivity contribution in [2.75, 3.05) is 16.8 Å². The lowest BCUT2D eigenvalue weighted by Crippen LogP contribution is -2.28. The summed E-state index contributed by atoms with van der Waals surface area (Å²) in [7, 11) is 0. The van der Waals surface area contributed by atoms with Crippen LogP contribution >= 0.6 is 0 Å². The highest BCUT2D eigenvalue weighted by Gasteiger charge is 2.28. The summed E-state index contributed by atoms with van der Waals surface area (Å²) in [6, 6.07) is 29.2. The van der Waals surface area contributed by atoms with Gasteiger partial charge in [0, 0.05) is 40.1 Å². The van der Waals surface area contributed by atoms with Gasteiger partial charge in [0.25, 0.3) is 5.91 Å². The third kappa shape index (κ3) is 4.49. The summed E-state index contributed by atoms with van der Waals surface area (Å²) < 4.78 is 20.1. The summed E-state index contributed by atoms with van der Waals surface area (Å²) in [6.07, 6.45) is 0.718. The lowest BCUT2D eigenvalue weighted by Gasteiger charge is -2.19. The lowest BCUT2D eigenvalue weighted by atomic mass is 10.1. The number of hydrogen-bond acceptors (Lipinski definition) is 4. The average molecular weight is 490 g/mol. The van der Waals surface area contributed by atoms with Crippen molar-refractivity contribution in [2.24, 2.45) is 0 Å². The van der Waals surface area contributed by atoms with Gasteiger partial charge < -0.3 is 15.0 Å². The third-order valence-corrected chi connectivity index (χ3v) is 6.49. The quantitative estimate of drug-likeness (QED) is 0.279. The second-order valence-corrected chi connectivity index (χ2v) is 9.05. The molecule has 182 valence electrons. The van der Waals surface area contributed by atoms with E-state index in [-0.39, 0.29) is 11.7 Å². The van der Waals surface area contributed by atoms with E-state index >= 15 is 0 Å². The largest absolute Gasteiger partial charge is 0.457 e. The summed E-state index contributed by atoms with van der Waals surface area (Å²) in [4.78, 5) is 19.9. The number of nitrogens with zero attached hydrogens (tertiary/aromatic N) is 2. The summed E-state index contributed by atoms with van der Waals surface area (Å²) >= 11 is 0. The van der Waals surface area contributed by atoms with Crippen molar-refractivity contribution in [3.05, 3.63) is 120 Å². The molecule has 6 heteroatoms. The highest BCUT2D eigenvalue weighted by molar-refractivity contribution is 6.08. The van der Waals surface area contributed by atoms with Gasteiger partial charge in [0.1, 0.15) is 17.3 Å². The van der Waals surface area contributed by atoms with Crippen molar-refractivity contribution >= 4 is 33.9 Å². The molecule has 0 aliphatic carbocycles. The van der Waals surface area contributed by atoms with Gasteiger partial charge in [-0.05, 0) is 80.1 Å². The van der Waals surface area contributed by atoms with E-state index in [1.807, 2.05) is 85.8 Å². The number of nitrogens with one attached hydrogen (secondary N) is 1. The Hall–Kier alpha value is -4.71. The number of ether oxygens (including phenoxy) is 1. The van der Waals surface area contributed by atoms with Crippen LogP contribution in [0.4, 0.5) is 21.5 Å². The summed E-state index contributed by atoms with van der Waals surface area (Å²) in [5.74, 6) is 1.12. The van der Waals surface area contributed by atoms with Crippen molar-refractivity contribution in [3.8, 4) is 11.5 Å². The first-order valence-electron chi connectivity index (χ1n) is 12.2.